The van der Waals surface area contributed by atoms with Gasteiger partial charge in [0.25, 0.3) is 5.78 Å². The fraction of sp³-hybridized carbons (Fsp3) is 0.273. The third-order valence-corrected chi connectivity index (χ3v) is 3.78. The van der Waals surface area contributed by atoms with Crippen LogP contribution in [0.3, 0.4) is 0 Å². The molecule has 0 saturated heterocycles. The van der Waals surface area contributed by atoms with E-state index in [0.29, 0.717) is 17.4 Å². The van der Waals surface area contributed by atoms with E-state index in [9.17, 15) is 0 Å². The van der Waals surface area contributed by atoms with Gasteiger partial charge in [-0.25, -0.2) is 0 Å². The molecule has 3 aromatic heterocycles. The number of aromatic nitrogens is 5. The van der Waals surface area contributed by atoms with Crippen LogP contribution in [0.2, 0.25) is 0 Å². The van der Waals surface area contributed by atoms with E-state index >= 15 is 0 Å². The molecule has 0 aliphatic carbocycles. The van der Waals surface area contributed by atoms with Gasteiger partial charge in [0, 0.05) is 0 Å². The Hall–Kier alpha value is -2.09. The summed E-state index contributed by atoms with van der Waals surface area (Å²) in [4.78, 5) is 13.1. The van der Waals surface area contributed by atoms with E-state index in [1.807, 2.05) is 0 Å². The smallest absolute Gasteiger partial charge is 0.258 e. The van der Waals surface area contributed by atoms with Crippen LogP contribution in [0.4, 0.5) is 5.95 Å². The molecule has 0 fully saturated rings. The molecule has 0 bridgehead atoms. The Morgan fingerprint density at radius 1 is 1.21 bits per heavy atom. The van der Waals surface area contributed by atoms with Gasteiger partial charge < -0.3 is 10.2 Å². The van der Waals surface area contributed by atoms with Gasteiger partial charge in [0.2, 0.25) is 11.8 Å². The normalized spacial score (nSPS) is 13.0. The number of anilines is 1. The molecule has 7 nitrogen and oxygen atoms in total. The van der Waals surface area contributed by atoms with E-state index in [2.05, 4.69) is 38.8 Å². The third kappa shape index (κ3) is 2.03. The van der Waals surface area contributed by atoms with E-state index < -0.39 is 10.0 Å². The van der Waals surface area contributed by atoms with E-state index in [1.165, 1.54) is 4.52 Å². The largest absolute Gasteiger partial charge is 0.461 e. The van der Waals surface area contributed by atoms with Crippen molar-refractivity contribution in [1.82, 2.24) is 24.6 Å². The second-order valence-corrected chi connectivity index (χ2v) is 8.87. The van der Waals surface area contributed by atoms with E-state index in [4.69, 9.17) is 10.2 Å². The molecular formula is C11H14N6OS. The third-order valence-electron chi connectivity index (χ3n) is 2.50. The number of nitrogens with zero attached hydrogens (tertiary/aromatic N) is 5. The minimum Gasteiger partial charge on any atom is -0.461 e. The van der Waals surface area contributed by atoms with Crippen molar-refractivity contribution in [3.05, 3.63) is 18.4 Å². The molecule has 8 heteroatoms. The lowest BCUT2D eigenvalue weighted by molar-refractivity contribution is 0.577. The summed E-state index contributed by atoms with van der Waals surface area (Å²) in [6, 6.07) is 3.56. The summed E-state index contributed by atoms with van der Waals surface area (Å²) in [6.45, 7) is 0. The van der Waals surface area contributed by atoms with Crippen LogP contribution < -0.4 is 5.73 Å². The first-order valence-corrected chi connectivity index (χ1v) is 8.43. The maximum atomic E-state index is 5.91. The van der Waals surface area contributed by atoms with Gasteiger partial charge in [-0.2, -0.15) is 29.5 Å². The molecule has 3 heterocycles. The Kier molecular flexibility index (Phi) is 2.49. The second kappa shape index (κ2) is 3.95. The van der Waals surface area contributed by atoms with Crippen molar-refractivity contribution in [3.63, 3.8) is 0 Å². The highest BCUT2D eigenvalue weighted by Crippen LogP contribution is 2.42. The van der Waals surface area contributed by atoms with Gasteiger partial charge in [-0.3, -0.25) is 0 Å². The quantitative estimate of drug-likeness (QED) is 0.761. The molecular weight excluding hydrogens is 264 g/mol. The molecule has 3 rings (SSSR count). The summed E-state index contributed by atoms with van der Waals surface area (Å²) < 4.78 is 6.69. The predicted molar refractivity (Wildman–Crippen MR) is 74.3 cm³/mol. The van der Waals surface area contributed by atoms with Gasteiger partial charge in [0.1, 0.15) is 0 Å². The number of fused-ring (bicyclic) bond motifs is 1. The summed E-state index contributed by atoms with van der Waals surface area (Å²) in [5.41, 5.74) is 5.91. The fourth-order valence-electron chi connectivity index (χ4n) is 1.57. The Bertz CT molecular complexity index is 728. The van der Waals surface area contributed by atoms with E-state index in [-0.39, 0.29) is 5.95 Å². The lowest BCUT2D eigenvalue weighted by atomic mass is 10.4. The molecule has 0 saturated carbocycles. The maximum absolute atomic E-state index is 5.91. The molecule has 3 aromatic rings. The molecule has 0 aromatic carbocycles. The van der Waals surface area contributed by atoms with Crippen LogP contribution in [-0.2, 0) is 0 Å². The van der Waals surface area contributed by atoms with Crippen LogP contribution in [0.25, 0.3) is 17.4 Å². The summed E-state index contributed by atoms with van der Waals surface area (Å²) in [6.07, 6.45) is 7.87. The van der Waals surface area contributed by atoms with Crippen LogP contribution in [0.5, 0.6) is 0 Å². The zero-order valence-electron chi connectivity index (χ0n) is 10.9. The lowest BCUT2D eigenvalue weighted by Gasteiger charge is -2.22. The molecule has 0 aliphatic heterocycles. The molecule has 0 spiro atoms. The van der Waals surface area contributed by atoms with Gasteiger partial charge in [-0.05, 0) is 30.9 Å². The lowest BCUT2D eigenvalue weighted by Crippen LogP contribution is -2.09. The Labute approximate surface area is 111 Å². The highest BCUT2D eigenvalue weighted by atomic mass is 32.3. The molecule has 2 N–H and O–H groups in total. The zero-order chi connectivity index (χ0) is 13.6. The van der Waals surface area contributed by atoms with Crippen LogP contribution in [0, 0.1) is 0 Å². The van der Waals surface area contributed by atoms with E-state index in [1.54, 1.807) is 18.4 Å². The number of hydrogen-bond acceptors (Lipinski definition) is 6. The van der Waals surface area contributed by atoms with Crippen molar-refractivity contribution in [3.8, 4) is 11.6 Å². The summed E-state index contributed by atoms with van der Waals surface area (Å²) in [7, 11) is -1.07. The number of rotatable bonds is 2. The van der Waals surface area contributed by atoms with Crippen LogP contribution in [0.1, 0.15) is 0 Å². The van der Waals surface area contributed by atoms with Gasteiger partial charge in [-0.1, -0.05) is 0 Å². The first-order chi connectivity index (χ1) is 8.95. The summed E-state index contributed by atoms with van der Waals surface area (Å²) >= 11 is 0. The van der Waals surface area contributed by atoms with Crippen molar-refractivity contribution >= 4 is 21.8 Å². The molecule has 19 heavy (non-hydrogen) atoms. The van der Waals surface area contributed by atoms with Crippen LogP contribution in [-0.4, -0.2) is 43.3 Å². The molecule has 100 valence electrons. The Balaban J connectivity index is 2.21. The Morgan fingerprint density at radius 2 is 2.00 bits per heavy atom. The molecule has 0 aliphatic rings. The van der Waals surface area contributed by atoms with Crippen molar-refractivity contribution < 1.29 is 4.42 Å². The average Bonchev–Trinajstić information content (AvgIpc) is 2.95. The average molecular weight is 278 g/mol. The summed E-state index contributed by atoms with van der Waals surface area (Å²) in [5.74, 6) is 1.76. The van der Waals surface area contributed by atoms with Crippen LogP contribution in [0.15, 0.2) is 28.0 Å². The van der Waals surface area contributed by atoms with Crippen molar-refractivity contribution in [2.45, 2.75) is 5.16 Å². The highest BCUT2D eigenvalue weighted by molar-refractivity contribution is 8.32. The zero-order valence-corrected chi connectivity index (χ0v) is 11.7. The number of nitrogen functional groups attached to an aromatic ring is 1. The fourth-order valence-corrected chi connectivity index (χ4v) is 2.29. The first kappa shape index (κ1) is 12.0. The molecule has 0 amide bonds. The molecule has 0 atom stereocenters. The number of furan rings is 1. The van der Waals surface area contributed by atoms with Crippen LogP contribution >= 0.6 is 10.0 Å². The topological polar surface area (TPSA) is 95.1 Å². The number of hydrogen-bond donors (Lipinski definition) is 1. The van der Waals surface area contributed by atoms with Crippen molar-refractivity contribution in [1.29, 1.82) is 0 Å². The standard InChI is InChI=1S/C11H14N6OS/c1-19(2,3)11-14-9(12)17-10(15-11)13-8(16-17)7-5-4-6-18-7/h4-6H,1-3H3,(H2,12,13,14,15,16). The second-order valence-electron chi connectivity index (χ2n) is 4.83. The monoisotopic (exact) mass is 278 g/mol. The SMILES string of the molecule is CS(C)(C)c1nc(N)n2nc(-c3ccco3)nc2n1. The van der Waals surface area contributed by atoms with E-state index in [0.717, 1.165) is 5.16 Å². The minimum absolute atomic E-state index is 0.285. The van der Waals surface area contributed by atoms with Gasteiger partial charge in [-0.15, -0.1) is 5.10 Å². The minimum atomic E-state index is -1.07. The summed E-state index contributed by atoms with van der Waals surface area (Å²) in [5, 5.41) is 4.97. The molecule has 0 unspecified atom stereocenters. The van der Waals surface area contributed by atoms with Gasteiger partial charge in [0.05, 0.1) is 6.26 Å². The number of nitrogens with two attached hydrogens (primary N) is 1. The first-order valence-electron chi connectivity index (χ1n) is 5.58. The maximum Gasteiger partial charge on any atom is 0.258 e. The Morgan fingerprint density at radius 3 is 2.63 bits per heavy atom. The molecule has 0 radical (unpaired) electrons. The van der Waals surface area contributed by atoms with Crippen molar-refractivity contribution in [2.75, 3.05) is 24.5 Å². The van der Waals surface area contributed by atoms with Crippen molar-refractivity contribution in [2.24, 2.45) is 0 Å². The highest BCUT2D eigenvalue weighted by Gasteiger charge is 2.18. The van der Waals surface area contributed by atoms with Gasteiger partial charge >= 0.3 is 0 Å². The predicted octanol–water partition coefficient (Wildman–Crippen LogP) is 1.41. The van der Waals surface area contributed by atoms with Gasteiger partial charge in [0.15, 0.2) is 10.9 Å².